The zero-order valence-corrected chi connectivity index (χ0v) is 9.53. The molecule has 0 atom stereocenters. The topological polar surface area (TPSA) is 43.6 Å². The molecule has 2 aromatic heterocycles. The van der Waals surface area contributed by atoms with Gasteiger partial charge in [-0.1, -0.05) is 6.92 Å². The normalized spacial score (nSPS) is 10.8. The van der Waals surface area contributed by atoms with Crippen LogP contribution < -0.4 is 0 Å². The highest BCUT2D eigenvalue weighted by molar-refractivity contribution is 5.61. The Labute approximate surface area is 93.2 Å². The molecule has 0 fully saturated rings. The number of aromatic nitrogens is 4. The van der Waals surface area contributed by atoms with Gasteiger partial charge in [-0.05, 0) is 13.3 Å². The second-order valence-electron chi connectivity index (χ2n) is 3.61. The van der Waals surface area contributed by atoms with Crippen molar-refractivity contribution in [3.63, 3.8) is 0 Å². The van der Waals surface area contributed by atoms with Crippen molar-refractivity contribution < 1.29 is 4.39 Å². The first-order valence-corrected chi connectivity index (χ1v) is 5.14. The van der Waals surface area contributed by atoms with Gasteiger partial charge in [0.25, 0.3) is 0 Å². The molecule has 4 nitrogen and oxygen atoms in total. The van der Waals surface area contributed by atoms with E-state index in [4.69, 9.17) is 0 Å². The average molecular weight is 220 g/mol. The third kappa shape index (κ3) is 1.68. The van der Waals surface area contributed by atoms with Crippen LogP contribution in [0.25, 0.3) is 11.4 Å². The summed E-state index contributed by atoms with van der Waals surface area (Å²) < 4.78 is 14.5. The molecular weight excluding hydrogens is 207 g/mol. The number of nitrogens with zero attached hydrogens (tertiary/aromatic N) is 4. The lowest BCUT2D eigenvalue weighted by molar-refractivity contribution is 0.614. The summed E-state index contributed by atoms with van der Waals surface area (Å²) in [5.74, 6) is 0.104. The van der Waals surface area contributed by atoms with E-state index in [2.05, 4.69) is 15.1 Å². The molecule has 0 aliphatic heterocycles. The van der Waals surface area contributed by atoms with Gasteiger partial charge < -0.3 is 0 Å². The number of aryl methyl sites for hydroxylation is 2. The summed E-state index contributed by atoms with van der Waals surface area (Å²) >= 11 is 0. The highest BCUT2D eigenvalue weighted by Crippen LogP contribution is 2.23. The predicted octanol–water partition coefficient (Wildman–Crippen LogP) is 1.89. The van der Waals surface area contributed by atoms with E-state index in [1.54, 1.807) is 4.68 Å². The van der Waals surface area contributed by atoms with Gasteiger partial charge in [0.2, 0.25) is 0 Å². The minimum Gasteiger partial charge on any atom is -0.272 e. The maximum atomic E-state index is 12.7. The first-order chi connectivity index (χ1) is 7.63. The van der Waals surface area contributed by atoms with Crippen LogP contribution in [0.15, 0.2) is 12.4 Å². The Hall–Kier alpha value is -1.78. The molecule has 0 bridgehead atoms. The van der Waals surface area contributed by atoms with Crippen LogP contribution in [-0.4, -0.2) is 19.7 Å². The Kier molecular flexibility index (Phi) is 2.68. The van der Waals surface area contributed by atoms with Crippen LogP contribution in [0.1, 0.15) is 18.3 Å². The van der Waals surface area contributed by atoms with Crippen molar-refractivity contribution in [3.05, 3.63) is 29.6 Å². The van der Waals surface area contributed by atoms with E-state index in [-0.39, 0.29) is 0 Å². The van der Waals surface area contributed by atoms with Gasteiger partial charge in [0.05, 0.1) is 23.7 Å². The number of rotatable bonds is 2. The fourth-order valence-corrected chi connectivity index (χ4v) is 1.66. The number of hydrogen-bond donors (Lipinski definition) is 0. The third-order valence-corrected chi connectivity index (χ3v) is 2.59. The van der Waals surface area contributed by atoms with Gasteiger partial charge in [0, 0.05) is 12.7 Å². The summed E-state index contributed by atoms with van der Waals surface area (Å²) in [6, 6.07) is 0. The van der Waals surface area contributed by atoms with E-state index in [9.17, 15) is 4.39 Å². The summed E-state index contributed by atoms with van der Waals surface area (Å²) in [5, 5.41) is 4.37. The Morgan fingerprint density at radius 2 is 1.94 bits per heavy atom. The summed E-state index contributed by atoms with van der Waals surface area (Å²) in [6.07, 6.45) is 3.15. The van der Waals surface area contributed by atoms with Crippen LogP contribution in [0, 0.1) is 12.7 Å². The lowest BCUT2D eigenvalue weighted by Crippen LogP contribution is -1.94. The largest absolute Gasteiger partial charge is 0.272 e. The fraction of sp³-hybridized carbons (Fsp3) is 0.364. The van der Waals surface area contributed by atoms with Crippen molar-refractivity contribution in [2.75, 3.05) is 0 Å². The molecule has 0 saturated carbocycles. The maximum Gasteiger partial charge on any atom is 0.163 e. The smallest absolute Gasteiger partial charge is 0.163 e. The van der Waals surface area contributed by atoms with Crippen molar-refractivity contribution in [1.82, 2.24) is 19.7 Å². The second-order valence-corrected chi connectivity index (χ2v) is 3.61. The van der Waals surface area contributed by atoms with Crippen LogP contribution in [0.2, 0.25) is 0 Å². The Bertz CT molecular complexity index is 501. The zero-order valence-electron chi connectivity index (χ0n) is 9.53. The predicted molar refractivity (Wildman–Crippen MR) is 58.3 cm³/mol. The monoisotopic (exact) mass is 220 g/mol. The van der Waals surface area contributed by atoms with Crippen LogP contribution >= 0.6 is 0 Å². The van der Waals surface area contributed by atoms with Gasteiger partial charge in [-0.25, -0.2) is 14.4 Å². The van der Waals surface area contributed by atoms with Crippen molar-refractivity contribution in [2.45, 2.75) is 20.3 Å². The Morgan fingerprint density at radius 1 is 1.31 bits per heavy atom. The van der Waals surface area contributed by atoms with E-state index in [1.807, 2.05) is 20.9 Å². The van der Waals surface area contributed by atoms with Crippen LogP contribution in [-0.2, 0) is 13.5 Å². The first kappa shape index (κ1) is 10.7. The molecule has 2 rings (SSSR count). The molecule has 0 saturated heterocycles. The number of halogens is 1. The molecule has 0 unspecified atom stereocenters. The molecule has 0 aromatic carbocycles. The highest BCUT2D eigenvalue weighted by Gasteiger charge is 2.15. The van der Waals surface area contributed by atoms with Crippen molar-refractivity contribution in [3.8, 4) is 11.4 Å². The Morgan fingerprint density at radius 3 is 2.50 bits per heavy atom. The fourth-order valence-electron chi connectivity index (χ4n) is 1.66. The first-order valence-electron chi connectivity index (χ1n) is 5.14. The average Bonchev–Trinajstić information content (AvgIpc) is 2.57. The van der Waals surface area contributed by atoms with Gasteiger partial charge in [-0.15, -0.1) is 0 Å². The van der Waals surface area contributed by atoms with Gasteiger partial charge >= 0.3 is 0 Å². The SMILES string of the molecule is CCc1nn(C)c(C)c1-c1ncc(F)cn1. The van der Waals surface area contributed by atoms with Crippen molar-refractivity contribution in [1.29, 1.82) is 0 Å². The van der Waals surface area contributed by atoms with E-state index >= 15 is 0 Å². The lowest BCUT2D eigenvalue weighted by atomic mass is 10.1. The van der Waals surface area contributed by atoms with Gasteiger partial charge in [0.15, 0.2) is 11.6 Å². The molecule has 0 radical (unpaired) electrons. The molecule has 2 aromatic rings. The van der Waals surface area contributed by atoms with Gasteiger partial charge in [-0.3, -0.25) is 4.68 Å². The molecule has 0 amide bonds. The standard InChI is InChI=1S/C11H13FN4/c1-4-9-10(7(2)16(3)15-9)11-13-5-8(12)6-14-11/h5-6H,4H2,1-3H3. The zero-order chi connectivity index (χ0) is 11.7. The van der Waals surface area contributed by atoms with Crippen LogP contribution in [0.5, 0.6) is 0 Å². The second kappa shape index (κ2) is 4.00. The third-order valence-electron chi connectivity index (χ3n) is 2.59. The van der Waals surface area contributed by atoms with E-state index in [0.29, 0.717) is 5.82 Å². The molecule has 16 heavy (non-hydrogen) atoms. The van der Waals surface area contributed by atoms with Crippen molar-refractivity contribution >= 4 is 0 Å². The quantitative estimate of drug-likeness (QED) is 0.776. The van der Waals surface area contributed by atoms with E-state index in [1.165, 1.54) is 12.4 Å². The highest BCUT2D eigenvalue weighted by atomic mass is 19.1. The molecule has 5 heteroatoms. The minimum atomic E-state index is -0.427. The molecule has 0 spiro atoms. The summed E-state index contributed by atoms with van der Waals surface area (Å²) in [4.78, 5) is 7.98. The summed E-state index contributed by atoms with van der Waals surface area (Å²) in [5.41, 5.74) is 2.83. The van der Waals surface area contributed by atoms with Gasteiger partial charge in [-0.2, -0.15) is 5.10 Å². The molecule has 84 valence electrons. The molecule has 0 N–H and O–H groups in total. The summed E-state index contributed by atoms with van der Waals surface area (Å²) in [7, 11) is 1.88. The maximum absolute atomic E-state index is 12.7. The summed E-state index contributed by atoms with van der Waals surface area (Å²) in [6.45, 7) is 3.98. The lowest BCUT2D eigenvalue weighted by Gasteiger charge is -2.00. The van der Waals surface area contributed by atoms with Crippen LogP contribution in [0.4, 0.5) is 4.39 Å². The van der Waals surface area contributed by atoms with E-state index < -0.39 is 5.82 Å². The van der Waals surface area contributed by atoms with E-state index in [0.717, 1.165) is 23.4 Å². The molecule has 0 aliphatic rings. The van der Waals surface area contributed by atoms with Crippen molar-refractivity contribution in [2.24, 2.45) is 7.05 Å². The molecule has 0 aliphatic carbocycles. The Balaban J connectivity index is 2.58. The van der Waals surface area contributed by atoms with Crippen LogP contribution in [0.3, 0.4) is 0 Å². The van der Waals surface area contributed by atoms with Gasteiger partial charge in [0.1, 0.15) is 0 Å². The molecule has 2 heterocycles. The molecular formula is C11H13FN4. The minimum absolute atomic E-state index is 0.427. The number of hydrogen-bond acceptors (Lipinski definition) is 3.